The molecule has 35 heavy (non-hydrogen) atoms. The molecule has 2 unspecified atom stereocenters. The molecule has 1 aromatic carbocycles. The lowest BCUT2D eigenvalue weighted by molar-refractivity contribution is -0.165. The Hall–Kier alpha value is -3.06. The van der Waals surface area contributed by atoms with Crippen molar-refractivity contribution in [3.63, 3.8) is 0 Å². The van der Waals surface area contributed by atoms with Crippen LogP contribution in [0.2, 0.25) is 0 Å². The summed E-state index contributed by atoms with van der Waals surface area (Å²) in [5.74, 6) is -3.62. The number of carbonyl (C=O) groups excluding carboxylic acids is 1. The Balaban J connectivity index is 0.000000367. The van der Waals surface area contributed by atoms with E-state index >= 15 is 0 Å². The maximum atomic E-state index is 12.8. The number of nitrogens with zero attached hydrogens (tertiary/aromatic N) is 3. The molecular weight excluding hydrogens is 460 g/mol. The molecule has 6 N–H and O–H groups in total. The highest BCUT2D eigenvalue weighted by Crippen LogP contribution is 2.22. The number of carboxylic acids is 2. The number of fused-ring (bicyclic) bond motifs is 1. The standard InChI is InChI=1S/C19H28N4O2.C4H6O6/c1-14(2)23-17-7-4-3-6-16(17)18(21-23)19(25)20-15-8-11-22(12-9-15)10-5-13-24;5-1(3(7)8)2(6)4(9)10/h3-4,6-7,14-15,24H,5,8-13H2,1-2H3,(H,20,25);1-2,5-6H,(H,7,8)(H,9,10). The van der Waals surface area contributed by atoms with Gasteiger partial charge in [-0.3, -0.25) is 9.48 Å². The van der Waals surface area contributed by atoms with Gasteiger partial charge in [-0.05, 0) is 39.2 Å². The second kappa shape index (κ2) is 13.1. The van der Waals surface area contributed by atoms with Crippen LogP contribution in [0.25, 0.3) is 10.9 Å². The average molecular weight is 495 g/mol. The highest BCUT2D eigenvalue weighted by atomic mass is 16.4. The minimum absolute atomic E-state index is 0.0793. The van der Waals surface area contributed by atoms with Crippen LogP contribution in [0.5, 0.6) is 0 Å². The summed E-state index contributed by atoms with van der Waals surface area (Å²) in [5, 5.41) is 50.1. The fraction of sp³-hybridized carbons (Fsp3) is 0.565. The number of aliphatic hydroxyl groups excluding tert-OH is 3. The maximum Gasteiger partial charge on any atom is 0.335 e. The molecular formula is C23H34N4O8. The van der Waals surface area contributed by atoms with Crippen LogP contribution in [0.4, 0.5) is 0 Å². The van der Waals surface area contributed by atoms with Gasteiger partial charge in [0, 0.05) is 43.7 Å². The second-order valence-corrected chi connectivity index (χ2v) is 8.64. The number of benzene rings is 1. The van der Waals surface area contributed by atoms with Gasteiger partial charge in [0.25, 0.3) is 5.91 Å². The third kappa shape index (κ3) is 7.72. The summed E-state index contributed by atoms with van der Waals surface area (Å²) >= 11 is 0. The maximum absolute atomic E-state index is 12.8. The number of aliphatic carboxylic acids is 2. The minimum Gasteiger partial charge on any atom is -0.479 e. The zero-order valence-electron chi connectivity index (χ0n) is 19.9. The number of nitrogens with one attached hydrogen (secondary N) is 1. The van der Waals surface area contributed by atoms with E-state index in [9.17, 15) is 14.4 Å². The van der Waals surface area contributed by atoms with Crippen molar-refractivity contribution in [2.45, 2.75) is 57.4 Å². The van der Waals surface area contributed by atoms with Gasteiger partial charge in [-0.25, -0.2) is 9.59 Å². The smallest absolute Gasteiger partial charge is 0.335 e. The van der Waals surface area contributed by atoms with Crippen LogP contribution in [-0.2, 0) is 9.59 Å². The van der Waals surface area contributed by atoms with Gasteiger partial charge in [-0.1, -0.05) is 18.2 Å². The number of likely N-dealkylation sites (tertiary alicyclic amines) is 1. The van der Waals surface area contributed by atoms with E-state index in [1.54, 1.807) is 0 Å². The zero-order valence-corrected chi connectivity index (χ0v) is 19.9. The Morgan fingerprint density at radius 2 is 1.63 bits per heavy atom. The van der Waals surface area contributed by atoms with Gasteiger partial charge in [0.05, 0.1) is 5.52 Å². The number of aliphatic hydroxyl groups is 3. The van der Waals surface area contributed by atoms with Crippen LogP contribution >= 0.6 is 0 Å². The Kier molecular flexibility index (Phi) is 10.6. The predicted molar refractivity (Wildman–Crippen MR) is 126 cm³/mol. The Morgan fingerprint density at radius 1 is 1.06 bits per heavy atom. The summed E-state index contributed by atoms with van der Waals surface area (Å²) in [4.78, 5) is 34.7. The van der Waals surface area contributed by atoms with Crippen LogP contribution in [0.1, 0.15) is 49.6 Å². The van der Waals surface area contributed by atoms with E-state index in [1.165, 1.54) is 0 Å². The predicted octanol–water partition coefficient (Wildman–Crippen LogP) is 0.0712. The largest absolute Gasteiger partial charge is 0.479 e. The fourth-order valence-corrected chi connectivity index (χ4v) is 3.77. The topological polar surface area (TPSA) is 185 Å². The molecule has 1 aliphatic rings. The molecule has 2 atom stereocenters. The summed E-state index contributed by atoms with van der Waals surface area (Å²) < 4.78 is 1.92. The van der Waals surface area contributed by atoms with Crippen molar-refractivity contribution in [2.24, 2.45) is 0 Å². The summed E-state index contributed by atoms with van der Waals surface area (Å²) in [6.07, 6.45) is -1.83. The number of piperidine rings is 1. The third-order valence-corrected chi connectivity index (χ3v) is 5.68. The Labute approximate surface area is 202 Å². The lowest BCUT2D eigenvalue weighted by Gasteiger charge is -2.32. The van der Waals surface area contributed by atoms with E-state index < -0.39 is 24.1 Å². The monoisotopic (exact) mass is 494 g/mol. The van der Waals surface area contributed by atoms with E-state index in [4.69, 9.17) is 25.5 Å². The van der Waals surface area contributed by atoms with E-state index in [0.29, 0.717) is 5.69 Å². The van der Waals surface area contributed by atoms with Crippen LogP contribution in [-0.4, -0.2) is 103 Å². The van der Waals surface area contributed by atoms with E-state index in [0.717, 1.165) is 49.8 Å². The summed E-state index contributed by atoms with van der Waals surface area (Å²) in [6, 6.07) is 8.31. The summed E-state index contributed by atoms with van der Waals surface area (Å²) in [6.45, 7) is 7.24. The first-order chi connectivity index (χ1) is 16.6. The number of aromatic nitrogens is 2. The van der Waals surface area contributed by atoms with Gasteiger partial charge in [-0.15, -0.1) is 0 Å². The quantitative estimate of drug-likeness (QED) is 0.279. The number of hydrogen-bond donors (Lipinski definition) is 6. The highest BCUT2D eigenvalue weighted by Gasteiger charge is 2.29. The molecule has 0 saturated carbocycles. The van der Waals surface area contributed by atoms with Crippen LogP contribution < -0.4 is 5.32 Å². The summed E-state index contributed by atoms with van der Waals surface area (Å²) in [7, 11) is 0. The van der Waals surface area contributed by atoms with Crippen molar-refractivity contribution in [3.05, 3.63) is 30.0 Å². The highest BCUT2D eigenvalue weighted by molar-refractivity contribution is 6.05. The zero-order chi connectivity index (χ0) is 26.1. The molecule has 1 aromatic heterocycles. The molecule has 12 nitrogen and oxygen atoms in total. The number of amides is 1. The third-order valence-electron chi connectivity index (χ3n) is 5.68. The molecule has 0 radical (unpaired) electrons. The molecule has 0 bridgehead atoms. The van der Waals surface area contributed by atoms with Crippen molar-refractivity contribution < 1.29 is 39.9 Å². The normalized spacial score (nSPS) is 16.4. The molecule has 1 aliphatic heterocycles. The number of carboxylic acid groups (broad SMARTS) is 2. The molecule has 3 rings (SSSR count). The van der Waals surface area contributed by atoms with Crippen molar-refractivity contribution in [1.29, 1.82) is 0 Å². The molecule has 2 aromatic rings. The van der Waals surface area contributed by atoms with Crippen molar-refractivity contribution in [3.8, 4) is 0 Å². The molecule has 194 valence electrons. The Morgan fingerprint density at radius 3 is 2.14 bits per heavy atom. The van der Waals surface area contributed by atoms with Crippen LogP contribution in [0, 0.1) is 0 Å². The van der Waals surface area contributed by atoms with Crippen molar-refractivity contribution >= 4 is 28.7 Å². The summed E-state index contributed by atoms with van der Waals surface area (Å²) in [5.41, 5.74) is 1.52. The number of carbonyl (C=O) groups is 3. The van der Waals surface area contributed by atoms with Gasteiger partial charge in [0.15, 0.2) is 17.9 Å². The fourth-order valence-electron chi connectivity index (χ4n) is 3.77. The van der Waals surface area contributed by atoms with E-state index in [2.05, 4.69) is 29.2 Å². The molecule has 1 saturated heterocycles. The number of rotatable bonds is 9. The van der Waals surface area contributed by atoms with E-state index in [1.807, 2.05) is 28.9 Å². The SMILES string of the molecule is CC(C)n1nc(C(=O)NC2CCN(CCCO)CC2)c2ccccc21.O=C(O)C(O)C(O)C(=O)O. The van der Waals surface area contributed by atoms with Crippen LogP contribution in [0.3, 0.4) is 0 Å². The first kappa shape index (κ1) is 28.2. The van der Waals surface area contributed by atoms with Crippen molar-refractivity contribution in [1.82, 2.24) is 20.0 Å². The van der Waals surface area contributed by atoms with Gasteiger partial charge in [0.2, 0.25) is 0 Å². The van der Waals surface area contributed by atoms with Gasteiger partial charge in [-0.2, -0.15) is 5.10 Å². The number of hydrogen-bond acceptors (Lipinski definition) is 8. The molecule has 12 heteroatoms. The number of para-hydroxylation sites is 1. The molecule has 1 amide bonds. The van der Waals surface area contributed by atoms with Crippen molar-refractivity contribution in [2.75, 3.05) is 26.2 Å². The van der Waals surface area contributed by atoms with Gasteiger partial charge in [0.1, 0.15) is 0 Å². The van der Waals surface area contributed by atoms with Gasteiger partial charge >= 0.3 is 11.9 Å². The Bertz CT molecular complexity index is 983. The first-order valence-corrected chi connectivity index (χ1v) is 11.5. The molecule has 0 spiro atoms. The molecule has 0 aliphatic carbocycles. The second-order valence-electron chi connectivity index (χ2n) is 8.64. The van der Waals surface area contributed by atoms with Crippen LogP contribution in [0.15, 0.2) is 24.3 Å². The minimum atomic E-state index is -2.27. The average Bonchev–Trinajstić information content (AvgIpc) is 3.23. The lowest BCUT2D eigenvalue weighted by atomic mass is 10.0. The van der Waals surface area contributed by atoms with E-state index in [-0.39, 0.29) is 24.6 Å². The molecule has 2 heterocycles. The molecule has 1 fully saturated rings. The first-order valence-electron chi connectivity index (χ1n) is 11.5. The lowest BCUT2D eigenvalue weighted by Crippen LogP contribution is -2.45. The van der Waals surface area contributed by atoms with Gasteiger partial charge < -0.3 is 35.7 Å².